The molecule has 8 heteroatoms. The van der Waals surface area contributed by atoms with E-state index in [4.69, 9.17) is 0 Å². The van der Waals surface area contributed by atoms with Gasteiger partial charge in [0, 0.05) is 36.1 Å². The summed E-state index contributed by atoms with van der Waals surface area (Å²) in [6, 6.07) is 0. The van der Waals surface area contributed by atoms with Gasteiger partial charge in [-0.15, -0.1) is 0 Å². The molecule has 2 amide bonds. The largest absolute Gasteiger partial charge is 0.478 e. The fourth-order valence-electron chi connectivity index (χ4n) is 2.14. The zero-order chi connectivity index (χ0) is 20.3. The third-order valence-corrected chi connectivity index (χ3v) is 3.73. The Bertz CT molecular complexity index is 504. The molecule has 0 aromatic heterocycles. The molecule has 0 aliphatic carbocycles. The highest BCUT2D eigenvalue weighted by Crippen LogP contribution is 2.17. The number of carboxylic acid groups (broad SMARTS) is 2. The van der Waals surface area contributed by atoms with Crippen molar-refractivity contribution in [1.29, 1.82) is 0 Å². The maximum Gasteiger partial charge on any atom is 0.332 e. The first-order chi connectivity index (χ1) is 12.1. The molecule has 0 saturated carbocycles. The van der Waals surface area contributed by atoms with Crippen LogP contribution in [0.5, 0.6) is 0 Å². The van der Waals surface area contributed by atoms with Gasteiger partial charge in [0.2, 0.25) is 11.8 Å². The van der Waals surface area contributed by atoms with Crippen LogP contribution in [-0.4, -0.2) is 47.1 Å². The normalized spacial score (nSPS) is 11.9. The van der Waals surface area contributed by atoms with Crippen LogP contribution in [-0.2, 0) is 19.2 Å². The Morgan fingerprint density at radius 2 is 1.00 bits per heavy atom. The van der Waals surface area contributed by atoms with E-state index in [-0.39, 0.29) is 60.7 Å². The lowest BCUT2D eigenvalue weighted by atomic mass is 9.99. The van der Waals surface area contributed by atoms with Crippen molar-refractivity contribution < 1.29 is 29.4 Å². The number of aliphatic carboxylic acids is 2. The van der Waals surface area contributed by atoms with E-state index in [0.29, 0.717) is 12.8 Å². The van der Waals surface area contributed by atoms with Crippen LogP contribution in [0.1, 0.15) is 53.4 Å². The van der Waals surface area contributed by atoms with Gasteiger partial charge in [0.1, 0.15) is 0 Å². The lowest BCUT2D eigenvalue weighted by molar-refractivity contribution is -0.136. The van der Waals surface area contributed by atoms with Crippen molar-refractivity contribution >= 4 is 23.8 Å². The van der Waals surface area contributed by atoms with E-state index in [2.05, 4.69) is 10.6 Å². The molecule has 8 nitrogen and oxygen atoms in total. The molecule has 0 aromatic carbocycles. The number of carbonyl (C=O) groups excluding carboxylic acids is 2. The third-order valence-electron chi connectivity index (χ3n) is 3.73. The summed E-state index contributed by atoms with van der Waals surface area (Å²) in [5, 5.41) is 24.0. The smallest absolute Gasteiger partial charge is 0.332 e. The number of nitrogens with one attached hydrogen (secondary N) is 2. The van der Waals surface area contributed by atoms with Crippen molar-refractivity contribution in [2.24, 2.45) is 11.8 Å². The van der Waals surface area contributed by atoms with Gasteiger partial charge in [0.15, 0.2) is 0 Å². The van der Waals surface area contributed by atoms with Gasteiger partial charge in [-0.1, -0.05) is 27.7 Å². The number of rotatable bonds is 12. The van der Waals surface area contributed by atoms with Gasteiger partial charge in [0.25, 0.3) is 0 Å². The van der Waals surface area contributed by atoms with Crippen LogP contribution in [0.4, 0.5) is 0 Å². The lowest BCUT2D eigenvalue weighted by Crippen LogP contribution is -2.29. The second-order valence-electron chi connectivity index (χ2n) is 6.67. The summed E-state index contributed by atoms with van der Waals surface area (Å²) in [6.45, 7) is 7.56. The Labute approximate surface area is 154 Å². The van der Waals surface area contributed by atoms with E-state index in [1.54, 1.807) is 27.7 Å². The predicted octanol–water partition coefficient (Wildman–Crippen LogP) is 1.56. The zero-order valence-electron chi connectivity index (χ0n) is 15.9. The minimum absolute atomic E-state index is 0.0493. The van der Waals surface area contributed by atoms with Gasteiger partial charge in [-0.2, -0.15) is 0 Å². The lowest BCUT2D eigenvalue weighted by Gasteiger charge is -2.11. The standard InChI is InChI=1S/C18H30N2O6/c1-11(2)15(21)19-9-5-7-13(17(23)24)14(18(25)26)8-6-10-20-16(22)12(3)4/h11-12H,5-10H2,1-4H3,(H,19,21)(H,20,22)(H,23,24)(H,25,26)/b14-13+. The molecular weight excluding hydrogens is 340 g/mol. The fraction of sp³-hybridized carbons (Fsp3) is 0.667. The summed E-state index contributed by atoms with van der Waals surface area (Å²) in [5.41, 5.74) is -0.321. The van der Waals surface area contributed by atoms with Crippen molar-refractivity contribution in [3.8, 4) is 0 Å². The van der Waals surface area contributed by atoms with E-state index in [0.717, 1.165) is 0 Å². The molecule has 26 heavy (non-hydrogen) atoms. The first-order valence-corrected chi connectivity index (χ1v) is 8.81. The number of carbonyl (C=O) groups is 4. The van der Waals surface area contributed by atoms with Crippen molar-refractivity contribution in [3.63, 3.8) is 0 Å². The van der Waals surface area contributed by atoms with Gasteiger partial charge in [-0.3, -0.25) is 9.59 Å². The van der Waals surface area contributed by atoms with Crippen molar-refractivity contribution in [1.82, 2.24) is 10.6 Å². The van der Waals surface area contributed by atoms with Crippen molar-refractivity contribution in [2.45, 2.75) is 53.4 Å². The minimum Gasteiger partial charge on any atom is -0.478 e. The van der Waals surface area contributed by atoms with E-state index in [1.165, 1.54) is 0 Å². The van der Waals surface area contributed by atoms with Crippen molar-refractivity contribution in [3.05, 3.63) is 11.1 Å². The predicted molar refractivity (Wildman–Crippen MR) is 96.5 cm³/mol. The molecule has 0 bridgehead atoms. The number of amides is 2. The quantitative estimate of drug-likeness (QED) is 0.304. The first-order valence-electron chi connectivity index (χ1n) is 8.81. The summed E-state index contributed by atoms with van der Waals surface area (Å²) in [4.78, 5) is 45.8. The second-order valence-corrected chi connectivity index (χ2v) is 6.67. The maximum absolute atomic E-state index is 11.5. The van der Waals surface area contributed by atoms with Crippen LogP contribution >= 0.6 is 0 Å². The number of hydrogen-bond donors (Lipinski definition) is 4. The molecule has 0 unspecified atom stereocenters. The molecule has 0 aliphatic heterocycles. The zero-order valence-corrected chi connectivity index (χ0v) is 15.9. The summed E-state index contributed by atoms with van der Waals surface area (Å²) >= 11 is 0. The van der Waals surface area contributed by atoms with Gasteiger partial charge in [0.05, 0.1) is 0 Å². The van der Waals surface area contributed by atoms with Crippen LogP contribution in [0.3, 0.4) is 0 Å². The Morgan fingerprint density at radius 3 is 1.23 bits per heavy atom. The van der Waals surface area contributed by atoms with Crippen LogP contribution in [0.2, 0.25) is 0 Å². The average Bonchev–Trinajstić information content (AvgIpc) is 2.54. The number of hydrogen-bond acceptors (Lipinski definition) is 4. The molecule has 0 aliphatic rings. The summed E-state index contributed by atoms with van der Waals surface area (Å²) in [7, 11) is 0. The summed E-state index contributed by atoms with van der Waals surface area (Å²) < 4.78 is 0. The molecule has 0 atom stereocenters. The molecule has 0 aromatic rings. The van der Waals surface area contributed by atoms with Crippen molar-refractivity contribution in [2.75, 3.05) is 13.1 Å². The Hall–Kier alpha value is -2.38. The highest BCUT2D eigenvalue weighted by atomic mass is 16.4. The first kappa shape index (κ1) is 23.6. The summed E-state index contributed by atoms with van der Waals surface area (Å²) in [6.07, 6.45) is 0.767. The van der Waals surface area contributed by atoms with Gasteiger partial charge >= 0.3 is 11.9 Å². The van der Waals surface area contributed by atoms with Crippen LogP contribution in [0.25, 0.3) is 0 Å². The van der Waals surface area contributed by atoms with E-state index in [9.17, 15) is 29.4 Å². The van der Waals surface area contributed by atoms with Crippen LogP contribution in [0, 0.1) is 11.8 Å². The molecule has 0 fully saturated rings. The van der Waals surface area contributed by atoms with E-state index >= 15 is 0 Å². The van der Waals surface area contributed by atoms with Gasteiger partial charge < -0.3 is 20.8 Å². The molecule has 148 valence electrons. The molecule has 4 N–H and O–H groups in total. The molecule has 0 radical (unpaired) electrons. The second kappa shape index (κ2) is 12.1. The molecular formula is C18H30N2O6. The molecule has 0 saturated heterocycles. The Balaban J connectivity index is 4.75. The Kier molecular flexibility index (Phi) is 10.9. The van der Waals surface area contributed by atoms with E-state index in [1.807, 2.05) is 0 Å². The molecule has 0 rings (SSSR count). The van der Waals surface area contributed by atoms with E-state index < -0.39 is 11.9 Å². The van der Waals surface area contributed by atoms with Gasteiger partial charge in [-0.05, 0) is 25.7 Å². The van der Waals surface area contributed by atoms with Crippen LogP contribution in [0.15, 0.2) is 11.1 Å². The fourth-order valence-corrected chi connectivity index (χ4v) is 2.14. The molecule has 0 spiro atoms. The topological polar surface area (TPSA) is 133 Å². The highest BCUT2D eigenvalue weighted by Gasteiger charge is 2.20. The SMILES string of the molecule is CC(C)C(=O)NCCC/C(C(=O)O)=C(/CCCNC(=O)C(C)C)C(=O)O. The van der Waals surface area contributed by atoms with Crippen LogP contribution < -0.4 is 10.6 Å². The number of carboxylic acids is 2. The third kappa shape index (κ3) is 9.19. The maximum atomic E-state index is 11.5. The monoisotopic (exact) mass is 370 g/mol. The Morgan fingerprint density at radius 1 is 0.692 bits per heavy atom. The summed E-state index contributed by atoms with van der Waals surface area (Å²) in [5.74, 6) is -3.15. The molecule has 0 heterocycles. The average molecular weight is 370 g/mol. The minimum atomic E-state index is -1.27. The highest BCUT2D eigenvalue weighted by molar-refractivity contribution is 5.98. The van der Waals surface area contributed by atoms with Gasteiger partial charge in [-0.25, -0.2) is 9.59 Å².